The lowest BCUT2D eigenvalue weighted by Crippen LogP contribution is -3.27. The van der Waals surface area contributed by atoms with Crippen molar-refractivity contribution in [1.29, 1.82) is 0 Å². The Bertz CT molecular complexity index is 401. The van der Waals surface area contributed by atoms with Crippen LogP contribution < -0.4 is 19.3 Å². The van der Waals surface area contributed by atoms with Gasteiger partial charge in [-0.15, -0.1) is 0 Å². The fourth-order valence-electron chi connectivity index (χ4n) is 2.50. The van der Waals surface area contributed by atoms with Crippen molar-refractivity contribution in [2.75, 3.05) is 46.4 Å². The number of rotatable bonds is 6. The molecular formula is C16H28N2O2+2. The Labute approximate surface area is 122 Å². The predicted octanol–water partition coefficient (Wildman–Crippen LogP) is -0.734. The largest absolute Gasteiger partial charge is 0.491 e. The molecule has 2 N–H and O–H groups in total. The van der Waals surface area contributed by atoms with Crippen LogP contribution in [0.1, 0.15) is 13.8 Å². The summed E-state index contributed by atoms with van der Waals surface area (Å²) in [5, 5.41) is 0. The third kappa shape index (κ3) is 5.02. The third-order valence-corrected chi connectivity index (χ3v) is 3.71. The van der Waals surface area contributed by atoms with Crippen molar-refractivity contribution in [2.24, 2.45) is 0 Å². The van der Waals surface area contributed by atoms with Crippen LogP contribution in [0.25, 0.3) is 0 Å². The molecule has 0 amide bonds. The number of piperazine rings is 1. The summed E-state index contributed by atoms with van der Waals surface area (Å²) in [7, 11) is 2.27. The summed E-state index contributed by atoms with van der Waals surface area (Å²) in [6.07, 6.45) is 0.197. The number of ether oxygens (including phenoxy) is 2. The molecule has 0 unspecified atom stereocenters. The molecule has 112 valence electrons. The van der Waals surface area contributed by atoms with E-state index in [-0.39, 0.29) is 6.10 Å². The zero-order chi connectivity index (χ0) is 14.4. The number of hydrogen-bond donors (Lipinski definition) is 2. The molecule has 0 atom stereocenters. The van der Waals surface area contributed by atoms with Gasteiger partial charge in [-0.2, -0.15) is 0 Å². The second kappa shape index (κ2) is 7.50. The molecule has 0 saturated carbocycles. The van der Waals surface area contributed by atoms with E-state index in [0.29, 0.717) is 0 Å². The van der Waals surface area contributed by atoms with E-state index >= 15 is 0 Å². The molecule has 1 saturated heterocycles. The minimum absolute atomic E-state index is 0.197. The van der Waals surface area contributed by atoms with Gasteiger partial charge in [0.2, 0.25) is 0 Å². The average Bonchev–Trinajstić information content (AvgIpc) is 2.41. The molecule has 1 aromatic rings. The van der Waals surface area contributed by atoms with Gasteiger partial charge in [0, 0.05) is 6.07 Å². The molecular weight excluding hydrogens is 252 g/mol. The Morgan fingerprint density at radius 3 is 2.50 bits per heavy atom. The number of likely N-dealkylation sites (N-methyl/N-ethyl adjacent to an activating group) is 1. The normalized spacial score (nSPS) is 22.8. The molecule has 2 rings (SSSR count). The van der Waals surface area contributed by atoms with E-state index in [0.717, 1.165) is 24.7 Å². The molecule has 4 nitrogen and oxygen atoms in total. The molecule has 0 radical (unpaired) electrons. The van der Waals surface area contributed by atoms with Gasteiger partial charge in [-0.25, -0.2) is 0 Å². The first kappa shape index (κ1) is 15.1. The minimum Gasteiger partial charge on any atom is -0.491 e. The summed E-state index contributed by atoms with van der Waals surface area (Å²) >= 11 is 0. The van der Waals surface area contributed by atoms with Gasteiger partial charge < -0.3 is 19.3 Å². The minimum atomic E-state index is 0.197. The van der Waals surface area contributed by atoms with Crippen LogP contribution >= 0.6 is 0 Å². The molecule has 0 bridgehead atoms. The van der Waals surface area contributed by atoms with Crippen molar-refractivity contribution in [2.45, 2.75) is 20.0 Å². The Morgan fingerprint density at radius 2 is 1.80 bits per heavy atom. The highest BCUT2D eigenvalue weighted by Gasteiger charge is 2.19. The SMILES string of the molecule is CC(C)Oc1cccc(OCC[NH+]2CC[NH+](C)CC2)c1. The van der Waals surface area contributed by atoms with Gasteiger partial charge in [0.15, 0.2) is 0 Å². The summed E-state index contributed by atoms with van der Waals surface area (Å²) in [4.78, 5) is 3.30. The van der Waals surface area contributed by atoms with E-state index in [1.165, 1.54) is 26.2 Å². The third-order valence-electron chi connectivity index (χ3n) is 3.71. The topological polar surface area (TPSA) is 27.3 Å². The lowest BCUT2D eigenvalue weighted by Gasteiger charge is -2.27. The zero-order valence-corrected chi connectivity index (χ0v) is 12.9. The van der Waals surface area contributed by atoms with Crippen LogP contribution in [0, 0.1) is 0 Å². The van der Waals surface area contributed by atoms with E-state index in [9.17, 15) is 0 Å². The van der Waals surface area contributed by atoms with Crippen molar-refractivity contribution in [3.63, 3.8) is 0 Å². The molecule has 1 aromatic carbocycles. The Kier molecular flexibility index (Phi) is 5.68. The highest BCUT2D eigenvalue weighted by Crippen LogP contribution is 2.20. The van der Waals surface area contributed by atoms with Gasteiger partial charge in [0.25, 0.3) is 0 Å². The fourth-order valence-corrected chi connectivity index (χ4v) is 2.50. The summed E-state index contributed by atoms with van der Waals surface area (Å²) in [6, 6.07) is 7.93. The van der Waals surface area contributed by atoms with E-state index in [2.05, 4.69) is 7.05 Å². The van der Waals surface area contributed by atoms with E-state index < -0.39 is 0 Å². The first-order chi connectivity index (χ1) is 9.63. The average molecular weight is 280 g/mol. The predicted molar refractivity (Wildman–Crippen MR) is 79.9 cm³/mol. The summed E-state index contributed by atoms with van der Waals surface area (Å²) < 4.78 is 11.5. The highest BCUT2D eigenvalue weighted by atomic mass is 16.5. The summed E-state index contributed by atoms with van der Waals surface area (Å²) in [5.41, 5.74) is 0. The fraction of sp³-hybridized carbons (Fsp3) is 0.625. The Balaban J connectivity index is 1.73. The first-order valence-corrected chi connectivity index (χ1v) is 7.68. The van der Waals surface area contributed by atoms with Crippen LogP contribution in [0.3, 0.4) is 0 Å². The summed E-state index contributed by atoms with van der Waals surface area (Å²) in [5.74, 6) is 1.79. The van der Waals surface area contributed by atoms with Gasteiger partial charge in [-0.1, -0.05) is 6.07 Å². The van der Waals surface area contributed by atoms with E-state index in [4.69, 9.17) is 9.47 Å². The second-order valence-electron chi connectivity index (χ2n) is 5.95. The number of quaternary nitrogens is 2. The lowest BCUT2D eigenvalue weighted by molar-refractivity contribution is -1.00. The van der Waals surface area contributed by atoms with Crippen molar-refractivity contribution < 1.29 is 19.3 Å². The molecule has 4 heteroatoms. The van der Waals surface area contributed by atoms with Crippen molar-refractivity contribution in [3.05, 3.63) is 24.3 Å². The number of hydrogen-bond acceptors (Lipinski definition) is 2. The van der Waals surface area contributed by atoms with Crippen molar-refractivity contribution >= 4 is 0 Å². The van der Waals surface area contributed by atoms with Gasteiger partial charge in [-0.3, -0.25) is 0 Å². The highest BCUT2D eigenvalue weighted by molar-refractivity contribution is 5.33. The number of nitrogens with one attached hydrogen (secondary N) is 2. The molecule has 0 aliphatic carbocycles. The maximum Gasteiger partial charge on any atom is 0.137 e. The maximum absolute atomic E-state index is 5.85. The zero-order valence-electron chi connectivity index (χ0n) is 12.9. The monoisotopic (exact) mass is 280 g/mol. The smallest absolute Gasteiger partial charge is 0.137 e. The van der Waals surface area contributed by atoms with Gasteiger partial charge in [0.05, 0.1) is 13.2 Å². The molecule has 1 aliphatic heterocycles. The maximum atomic E-state index is 5.85. The Hall–Kier alpha value is -1.26. The van der Waals surface area contributed by atoms with Crippen molar-refractivity contribution in [1.82, 2.24) is 0 Å². The van der Waals surface area contributed by atoms with Crippen LogP contribution in [0.5, 0.6) is 11.5 Å². The standard InChI is InChI=1S/C16H26N2O2/c1-14(2)20-16-6-4-5-15(13-16)19-12-11-18-9-7-17(3)8-10-18/h4-6,13-14H,7-12H2,1-3H3/p+2. The van der Waals surface area contributed by atoms with Crippen LogP contribution in [-0.2, 0) is 0 Å². The lowest BCUT2D eigenvalue weighted by atomic mass is 10.3. The summed E-state index contributed by atoms with van der Waals surface area (Å²) in [6.45, 7) is 11.0. The van der Waals surface area contributed by atoms with Crippen LogP contribution in [0.15, 0.2) is 24.3 Å². The molecule has 0 spiro atoms. The molecule has 20 heavy (non-hydrogen) atoms. The van der Waals surface area contributed by atoms with E-state index in [1.54, 1.807) is 9.80 Å². The second-order valence-corrected chi connectivity index (χ2v) is 5.95. The molecule has 1 fully saturated rings. The van der Waals surface area contributed by atoms with Crippen molar-refractivity contribution in [3.8, 4) is 11.5 Å². The van der Waals surface area contributed by atoms with Crippen LogP contribution in [0.2, 0.25) is 0 Å². The van der Waals surface area contributed by atoms with Gasteiger partial charge >= 0.3 is 0 Å². The van der Waals surface area contributed by atoms with Crippen LogP contribution in [-0.4, -0.2) is 52.5 Å². The molecule has 1 heterocycles. The van der Waals surface area contributed by atoms with E-state index in [1.807, 2.05) is 38.1 Å². The van der Waals surface area contributed by atoms with Gasteiger partial charge in [0.1, 0.15) is 50.8 Å². The molecule has 1 aliphatic rings. The van der Waals surface area contributed by atoms with Crippen LogP contribution in [0.4, 0.5) is 0 Å². The number of benzene rings is 1. The Morgan fingerprint density at radius 1 is 1.10 bits per heavy atom. The first-order valence-electron chi connectivity index (χ1n) is 7.68. The molecule has 0 aromatic heterocycles. The van der Waals surface area contributed by atoms with Gasteiger partial charge in [-0.05, 0) is 26.0 Å². The quantitative estimate of drug-likeness (QED) is 0.719.